The number of aryl methyl sites for hydroxylation is 1. The van der Waals surface area contributed by atoms with Crippen molar-refractivity contribution in [3.8, 4) is 0 Å². The molecule has 0 bridgehead atoms. The summed E-state index contributed by atoms with van der Waals surface area (Å²) in [7, 11) is -3.27. The van der Waals surface area contributed by atoms with Crippen LogP contribution in [0, 0.1) is 30.1 Å². The predicted octanol–water partition coefficient (Wildman–Crippen LogP) is 5.94. The van der Waals surface area contributed by atoms with Gasteiger partial charge in [0.25, 0.3) is 0 Å². The van der Waals surface area contributed by atoms with Gasteiger partial charge in [0.15, 0.2) is 9.84 Å². The molecule has 0 radical (unpaired) electrons. The van der Waals surface area contributed by atoms with Crippen molar-refractivity contribution < 1.29 is 18.6 Å². The minimum Gasteiger partial charge on any atom is -0.393 e. The zero-order valence-electron chi connectivity index (χ0n) is 21.5. The lowest BCUT2D eigenvalue weighted by Gasteiger charge is -2.44. The van der Waals surface area contributed by atoms with Crippen molar-refractivity contribution in [2.24, 2.45) is 23.2 Å². The highest BCUT2D eigenvalue weighted by Crippen LogP contribution is 2.59. The first-order chi connectivity index (χ1) is 16.5. The molecule has 192 valence electrons. The topological polar surface area (TPSA) is 74.6 Å². The molecule has 3 saturated carbocycles. The lowest BCUT2D eigenvalue weighted by atomic mass is 9.61. The molecule has 3 fully saturated rings. The van der Waals surface area contributed by atoms with Crippen molar-refractivity contribution in [2.75, 3.05) is 5.75 Å². The highest BCUT2D eigenvalue weighted by Gasteiger charge is 2.50. The Kier molecular flexibility index (Phi) is 7.80. The average molecular weight is 499 g/mol. The van der Waals surface area contributed by atoms with Crippen molar-refractivity contribution in [2.45, 2.75) is 89.2 Å². The second kappa shape index (κ2) is 10.4. The Balaban J connectivity index is 1.45. The van der Waals surface area contributed by atoms with E-state index in [1.54, 1.807) is 12.1 Å². The van der Waals surface area contributed by atoms with Gasteiger partial charge in [0.2, 0.25) is 0 Å². The Hall–Kier alpha value is -1.69. The Morgan fingerprint density at radius 1 is 1.17 bits per heavy atom. The van der Waals surface area contributed by atoms with E-state index in [9.17, 15) is 18.6 Å². The number of sulfone groups is 1. The molecule has 5 heteroatoms. The van der Waals surface area contributed by atoms with E-state index >= 15 is 0 Å². The van der Waals surface area contributed by atoms with E-state index < -0.39 is 22.0 Å². The smallest absolute Gasteiger partial charge is 0.178 e. The normalized spacial score (nSPS) is 34.8. The highest BCUT2D eigenvalue weighted by molar-refractivity contribution is 7.91. The summed E-state index contributed by atoms with van der Waals surface area (Å²) in [5.41, 5.74) is 4.42. The number of benzene rings is 1. The molecule has 1 aromatic rings. The molecule has 0 spiro atoms. The summed E-state index contributed by atoms with van der Waals surface area (Å²) in [5.74, 6) is 1.59. The Morgan fingerprint density at radius 2 is 1.89 bits per heavy atom. The van der Waals surface area contributed by atoms with E-state index in [2.05, 4.69) is 32.6 Å². The molecule has 4 rings (SSSR count). The van der Waals surface area contributed by atoms with Gasteiger partial charge in [-0.2, -0.15) is 0 Å². The summed E-state index contributed by atoms with van der Waals surface area (Å²) in [6, 6.07) is 7.20. The maximum absolute atomic E-state index is 12.9. The zero-order valence-corrected chi connectivity index (χ0v) is 22.4. The zero-order chi connectivity index (χ0) is 25.4. The fraction of sp³-hybridized carbons (Fsp3) is 0.600. The van der Waals surface area contributed by atoms with Crippen molar-refractivity contribution >= 4 is 9.84 Å². The Labute approximate surface area is 211 Å². The molecule has 0 aliphatic heterocycles. The Morgan fingerprint density at radius 3 is 2.60 bits per heavy atom. The molecule has 0 saturated heterocycles. The van der Waals surface area contributed by atoms with Crippen molar-refractivity contribution in [3.05, 3.63) is 65.3 Å². The van der Waals surface area contributed by atoms with Gasteiger partial charge >= 0.3 is 0 Å². The molecule has 2 N–H and O–H groups in total. The third-order valence-electron chi connectivity index (χ3n) is 9.21. The summed E-state index contributed by atoms with van der Waals surface area (Å²) in [6.45, 7) is 10.7. The van der Waals surface area contributed by atoms with E-state index in [1.807, 2.05) is 19.1 Å². The second-order valence-electron chi connectivity index (χ2n) is 11.6. The average Bonchev–Trinajstić information content (AvgIpc) is 3.17. The molecule has 3 aliphatic rings. The van der Waals surface area contributed by atoms with Crippen LogP contribution in [0.2, 0.25) is 0 Å². The monoisotopic (exact) mass is 498 g/mol. The Bertz CT molecular complexity index is 1100. The third kappa shape index (κ3) is 5.52. The van der Waals surface area contributed by atoms with Crippen LogP contribution >= 0.6 is 0 Å². The van der Waals surface area contributed by atoms with Gasteiger partial charge in [-0.25, -0.2) is 8.42 Å². The minimum absolute atomic E-state index is 0.193. The maximum atomic E-state index is 12.9. The molecule has 4 nitrogen and oxygen atoms in total. The molecular formula is C30H42O4S. The van der Waals surface area contributed by atoms with Crippen LogP contribution in [-0.4, -0.2) is 36.6 Å². The summed E-state index contributed by atoms with van der Waals surface area (Å²) in [6.07, 6.45) is 10.5. The molecule has 0 aromatic heterocycles. The van der Waals surface area contributed by atoms with Crippen LogP contribution in [0.5, 0.6) is 0 Å². The fourth-order valence-corrected chi connectivity index (χ4v) is 8.55. The van der Waals surface area contributed by atoms with Crippen molar-refractivity contribution in [1.82, 2.24) is 0 Å². The number of rotatable bonds is 6. The molecule has 6 atom stereocenters. The third-order valence-corrected chi connectivity index (χ3v) is 11.0. The van der Waals surface area contributed by atoms with E-state index in [0.717, 1.165) is 42.4 Å². The van der Waals surface area contributed by atoms with Gasteiger partial charge in [0.05, 0.1) is 22.9 Å². The van der Waals surface area contributed by atoms with E-state index in [4.69, 9.17) is 0 Å². The van der Waals surface area contributed by atoms with Crippen LogP contribution in [0.25, 0.3) is 0 Å². The highest BCUT2D eigenvalue weighted by atomic mass is 32.2. The van der Waals surface area contributed by atoms with E-state index in [0.29, 0.717) is 41.9 Å². The van der Waals surface area contributed by atoms with E-state index in [1.165, 1.54) is 12.0 Å². The molecule has 0 unspecified atom stereocenters. The lowest BCUT2D eigenvalue weighted by Crippen LogP contribution is -2.36. The number of aliphatic hydroxyl groups is 2. The largest absolute Gasteiger partial charge is 0.393 e. The first kappa shape index (κ1) is 26.4. The number of hydrogen-bond acceptors (Lipinski definition) is 4. The second-order valence-corrected chi connectivity index (χ2v) is 13.7. The predicted molar refractivity (Wildman–Crippen MR) is 142 cm³/mol. The van der Waals surface area contributed by atoms with Crippen LogP contribution in [0.15, 0.2) is 64.6 Å². The first-order valence-electron chi connectivity index (χ1n) is 13.3. The van der Waals surface area contributed by atoms with Crippen molar-refractivity contribution in [1.29, 1.82) is 0 Å². The van der Waals surface area contributed by atoms with Crippen LogP contribution in [0.4, 0.5) is 0 Å². The lowest BCUT2D eigenvalue weighted by molar-refractivity contribution is 0.0861. The van der Waals surface area contributed by atoms with Gasteiger partial charge in [0, 0.05) is 6.42 Å². The standard InChI is InChI=1S/C30H42O4S/c1-20-7-11-26(12-8-20)35(33,34)17-15-21(2)27-13-14-28-23(6-5-16-30(27,28)4)9-10-24-18-25(31)19-29(32)22(24)3/h7-12,21,25,27-29,31-32H,3,5-6,13-19H2,1-2,4H3/t21-,25+,27-,28+,29-,30-/m1/s1. The van der Waals surface area contributed by atoms with Gasteiger partial charge in [0.1, 0.15) is 0 Å². The maximum Gasteiger partial charge on any atom is 0.178 e. The molecule has 0 heterocycles. The number of allylic oxidation sites excluding steroid dienone is 3. The number of aliphatic hydroxyl groups excluding tert-OH is 2. The van der Waals surface area contributed by atoms with Gasteiger partial charge in [-0.1, -0.05) is 55.8 Å². The minimum atomic E-state index is -3.27. The van der Waals surface area contributed by atoms with Crippen molar-refractivity contribution in [3.63, 3.8) is 0 Å². The fourth-order valence-electron chi connectivity index (χ4n) is 7.08. The van der Waals surface area contributed by atoms with Gasteiger partial charge in [-0.15, -0.1) is 0 Å². The van der Waals surface area contributed by atoms with Gasteiger partial charge in [-0.05, 0) is 98.3 Å². The molecule has 1 aromatic carbocycles. The summed E-state index contributed by atoms with van der Waals surface area (Å²) in [5, 5.41) is 20.3. The number of fused-ring (bicyclic) bond motifs is 1. The van der Waals surface area contributed by atoms with Crippen LogP contribution in [0.3, 0.4) is 0 Å². The number of hydrogen-bond donors (Lipinski definition) is 2. The van der Waals surface area contributed by atoms with Gasteiger partial charge in [-0.3, -0.25) is 0 Å². The quantitative estimate of drug-likeness (QED) is 0.509. The van der Waals surface area contributed by atoms with Crippen LogP contribution in [-0.2, 0) is 9.84 Å². The molecular weight excluding hydrogens is 456 g/mol. The summed E-state index contributed by atoms with van der Waals surface area (Å²) < 4.78 is 25.9. The first-order valence-corrected chi connectivity index (χ1v) is 14.9. The SMILES string of the molecule is C=C1C(=CC=C2CCC[C@]3(C)[C@@H]([C@H](C)CCS(=O)(=O)c4ccc(C)cc4)CC[C@@H]23)C[C@H](O)C[C@H]1O. The molecule has 3 aliphatic carbocycles. The van der Waals surface area contributed by atoms with Crippen LogP contribution in [0.1, 0.15) is 70.8 Å². The molecule has 35 heavy (non-hydrogen) atoms. The molecule has 0 amide bonds. The summed E-state index contributed by atoms with van der Waals surface area (Å²) >= 11 is 0. The van der Waals surface area contributed by atoms with Gasteiger partial charge < -0.3 is 10.2 Å². The summed E-state index contributed by atoms with van der Waals surface area (Å²) in [4.78, 5) is 0.432. The van der Waals surface area contributed by atoms with E-state index in [-0.39, 0.29) is 11.2 Å². The van der Waals surface area contributed by atoms with Crippen LogP contribution < -0.4 is 0 Å².